The van der Waals surface area contributed by atoms with E-state index in [9.17, 15) is 4.79 Å². The van der Waals surface area contributed by atoms with Gasteiger partial charge in [-0.05, 0) is 42.1 Å². The quantitative estimate of drug-likeness (QED) is 0.647. The Morgan fingerprint density at radius 2 is 2.28 bits per heavy atom. The summed E-state index contributed by atoms with van der Waals surface area (Å²) in [4.78, 5) is 12.8. The summed E-state index contributed by atoms with van der Waals surface area (Å²) in [6, 6.07) is 11.6. The Morgan fingerprint density at radius 3 is 3.12 bits per heavy atom. The van der Waals surface area contributed by atoms with Crippen LogP contribution in [0.1, 0.15) is 23.1 Å². The van der Waals surface area contributed by atoms with E-state index in [-0.39, 0.29) is 25.1 Å². The van der Waals surface area contributed by atoms with E-state index in [0.717, 1.165) is 22.6 Å². The number of fused-ring (bicyclic) bond motifs is 1. The van der Waals surface area contributed by atoms with Crippen molar-refractivity contribution in [1.29, 1.82) is 0 Å². The first-order valence-corrected chi connectivity index (χ1v) is 8.99. The molecule has 0 saturated heterocycles. The number of thiophene rings is 1. The summed E-state index contributed by atoms with van der Waals surface area (Å²) in [5.74, 6) is 1.32. The Hall–Kier alpha value is -2.60. The summed E-state index contributed by atoms with van der Waals surface area (Å²) in [6.07, 6.45) is 1.38. The minimum Gasteiger partial charge on any atom is -0.490 e. The molecule has 0 bridgehead atoms. The number of aromatic nitrogens is 1. The number of carbonyl (C=O) groups excluding carboxylic acids is 1. The number of ether oxygens (including phenoxy) is 2. The van der Waals surface area contributed by atoms with E-state index in [4.69, 9.17) is 14.0 Å². The second-order valence-electron chi connectivity index (χ2n) is 6.05. The predicted octanol–water partition coefficient (Wildman–Crippen LogP) is 4.01. The van der Waals surface area contributed by atoms with Crippen LogP contribution in [0.15, 0.2) is 46.3 Å². The van der Waals surface area contributed by atoms with Crippen LogP contribution in [-0.4, -0.2) is 17.2 Å². The molecule has 0 N–H and O–H groups in total. The fraction of sp³-hybridized carbons (Fsp3) is 0.263. The highest BCUT2D eigenvalue weighted by molar-refractivity contribution is 7.10. The fourth-order valence-corrected chi connectivity index (χ4v) is 3.54. The maximum Gasteiger partial charge on any atom is 0.311 e. The van der Waals surface area contributed by atoms with Gasteiger partial charge in [-0.25, -0.2) is 0 Å². The SMILES string of the molecule is CC1Cc2cc(-c3cc(COC(=O)Cc4cccs4)no3)ccc2O1. The zero-order valence-corrected chi connectivity index (χ0v) is 14.5. The lowest BCUT2D eigenvalue weighted by molar-refractivity contribution is -0.144. The van der Waals surface area contributed by atoms with Crippen molar-refractivity contribution in [3.63, 3.8) is 0 Å². The number of hydrogen-bond donors (Lipinski definition) is 0. The van der Waals surface area contributed by atoms with Crippen molar-refractivity contribution >= 4 is 17.3 Å². The van der Waals surface area contributed by atoms with Gasteiger partial charge in [0.25, 0.3) is 0 Å². The van der Waals surface area contributed by atoms with Crippen LogP contribution >= 0.6 is 11.3 Å². The van der Waals surface area contributed by atoms with Gasteiger partial charge in [-0.15, -0.1) is 11.3 Å². The van der Waals surface area contributed by atoms with Crippen molar-refractivity contribution in [2.45, 2.75) is 32.5 Å². The first-order valence-electron chi connectivity index (χ1n) is 8.11. The Kier molecular flexibility index (Phi) is 4.28. The average molecular weight is 355 g/mol. The first-order chi connectivity index (χ1) is 12.2. The highest BCUT2D eigenvalue weighted by Gasteiger charge is 2.20. The third-order valence-electron chi connectivity index (χ3n) is 4.02. The van der Waals surface area contributed by atoms with Gasteiger partial charge in [-0.2, -0.15) is 0 Å². The van der Waals surface area contributed by atoms with Gasteiger partial charge in [0, 0.05) is 22.9 Å². The van der Waals surface area contributed by atoms with E-state index in [2.05, 4.69) is 18.1 Å². The van der Waals surface area contributed by atoms with Crippen LogP contribution in [0.4, 0.5) is 0 Å². The van der Waals surface area contributed by atoms with Gasteiger partial charge in [0.1, 0.15) is 24.2 Å². The largest absolute Gasteiger partial charge is 0.490 e. The molecular weight excluding hydrogens is 338 g/mol. The summed E-state index contributed by atoms with van der Waals surface area (Å²) >= 11 is 1.54. The smallest absolute Gasteiger partial charge is 0.311 e. The monoisotopic (exact) mass is 355 g/mol. The Bertz CT molecular complexity index is 885. The minimum absolute atomic E-state index is 0.110. The zero-order valence-electron chi connectivity index (χ0n) is 13.7. The highest BCUT2D eigenvalue weighted by Crippen LogP contribution is 2.33. The molecule has 2 aromatic heterocycles. The number of benzene rings is 1. The molecule has 1 aliphatic heterocycles. The van der Waals surface area contributed by atoms with Crippen LogP contribution in [-0.2, 0) is 29.0 Å². The van der Waals surface area contributed by atoms with Crippen LogP contribution in [0.2, 0.25) is 0 Å². The molecule has 128 valence electrons. The Morgan fingerprint density at radius 1 is 1.36 bits per heavy atom. The average Bonchev–Trinajstić information content (AvgIpc) is 3.32. The molecule has 3 aromatic rings. The van der Waals surface area contributed by atoms with E-state index >= 15 is 0 Å². The molecular formula is C19H17NO4S. The van der Waals surface area contributed by atoms with Gasteiger partial charge in [-0.3, -0.25) is 4.79 Å². The number of carbonyl (C=O) groups is 1. The Labute approximate surface area is 149 Å². The van der Waals surface area contributed by atoms with Crippen LogP contribution in [0, 0.1) is 0 Å². The van der Waals surface area contributed by atoms with E-state index < -0.39 is 0 Å². The van der Waals surface area contributed by atoms with E-state index in [1.807, 2.05) is 29.6 Å². The van der Waals surface area contributed by atoms with Crippen molar-refractivity contribution < 1.29 is 18.8 Å². The maximum atomic E-state index is 11.8. The maximum absolute atomic E-state index is 11.8. The third kappa shape index (κ3) is 3.58. The topological polar surface area (TPSA) is 61.6 Å². The molecule has 1 atom stereocenters. The van der Waals surface area contributed by atoms with Crippen molar-refractivity contribution in [2.24, 2.45) is 0 Å². The second-order valence-corrected chi connectivity index (χ2v) is 7.09. The summed E-state index contributed by atoms with van der Waals surface area (Å²) < 4.78 is 16.4. The van der Waals surface area contributed by atoms with Crippen molar-refractivity contribution in [1.82, 2.24) is 5.16 Å². The standard InChI is InChI=1S/C19H17NO4S/c1-12-7-14-8-13(4-5-17(14)23-12)18-9-15(20-24-18)11-22-19(21)10-16-3-2-6-25-16/h2-6,8-9,12H,7,10-11H2,1H3. The Balaban J connectivity index is 1.39. The van der Waals surface area contributed by atoms with Crippen molar-refractivity contribution in [2.75, 3.05) is 0 Å². The van der Waals surface area contributed by atoms with Gasteiger partial charge in [0.15, 0.2) is 5.76 Å². The molecule has 0 fully saturated rings. The number of nitrogens with zero attached hydrogens (tertiary/aromatic N) is 1. The van der Waals surface area contributed by atoms with Crippen molar-refractivity contribution in [3.05, 3.63) is 57.9 Å². The highest BCUT2D eigenvalue weighted by atomic mass is 32.1. The molecule has 4 rings (SSSR count). The molecule has 0 amide bonds. The van der Waals surface area contributed by atoms with E-state index in [0.29, 0.717) is 11.5 Å². The van der Waals surface area contributed by atoms with Crippen molar-refractivity contribution in [3.8, 4) is 17.1 Å². The predicted molar refractivity (Wildman–Crippen MR) is 93.6 cm³/mol. The van der Waals surface area contributed by atoms with Gasteiger partial charge >= 0.3 is 5.97 Å². The summed E-state index contributed by atoms with van der Waals surface area (Å²) in [7, 11) is 0. The molecule has 25 heavy (non-hydrogen) atoms. The van der Waals surface area contributed by atoms with Crippen LogP contribution in [0.5, 0.6) is 5.75 Å². The second kappa shape index (κ2) is 6.72. The molecule has 0 aliphatic carbocycles. The molecule has 3 heterocycles. The molecule has 1 aromatic carbocycles. The third-order valence-corrected chi connectivity index (χ3v) is 4.90. The molecule has 0 spiro atoms. The van der Waals surface area contributed by atoms with E-state index in [1.165, 1.54) is 16.9 Å². The summed E-state index contributed by atoms with van der Waals surface area (Å²) in [5, 5.41) is 5.93. The molecule has 6 heteroatoms. The zero-order chi connectivity index (χ0) is 17.2. The van der Waals surface area contributed by atoms with Crippen LogP contribution in [0.25, 0.3) is 11.3 Å². The van der Waals surface area contributed by atoms with Gasteiger partial charge in [0.2, 0.25) is 0 Å². The molecule has 0 radical (unpaired) electrons. The number of esters is 1. The summed E-state index contributed by atoms with van der Waals surface area (Å²) in [6.45, 7) is 2.16. The molecule has 5 nitrogen and oxygen atoms in total. The molecule has 0 saturated carbocycles. The lowest BCUT2D eigenvalue weighted by atomic mass is 10.1. The van der Waals surface area contributed by atoms with Crippen LogP contribution < -0.4 is 4.74 Å². The fourth-order valence-electron chi connectivity index (χ4n) is 2.85. The minimum atomic E-state index is -0.268. The van der Waals surface area contributed by atoms with Crippen LogP contribution in [0.3, 0.4) is 0 Å². The number of rotatable bonds is 5. The summed E-state index contributed by atoms with van der Waals surface area (Å²) in [5.41, 5.74) is 2.71. The molecule has 1 unspecified atom stereocenters. The van der Waals surface area contributed by atoms with Gasteiger partial charge in [0.05, 0.1) is 6.42 Å². The lowest BCUT2D eigenvalue weighted by Gasteiger charge is -2.02. The van der Waals surface area contributed by atoms with E-state index in [1.54, 1.807) is 6.07 Å². The molecule has 1 aliphatic rings. The first kappa shape index (κ1) is 15.9. The van der Waals surface area contributed by atoms with Gasteiger partial charge in [-0.1, -0.05) is 11.2 Å². The number of hydrogen-bond acceptors (Lipinski definition) is 6. The lowest BCUT2D eigenvalue weighted by Crippen LogP contribution is -2.07. The normalized spacial score (nSPS) is 15.6. The van der Waals surface area contributed by atoms with Gasteiger partial charge < -0.3 is 14.0 Å².